The Morgan fingerprint density at radius 2 is 1.92 bits per heavy atom. The molecule has 0 N–H and O–H groups in total. The van der Waals surface area contributed by atoms with Gasteiger partial charge in [-0.25, -0.2) is 0 Å². The normalized spacial score (nSPS) is 13.2. The summed E-state index contributed by atoms with van der Waals surface area (Å²) in [5.74, 6) is 0. The van der Waals surface area contributed by atoms with Crippen molar-refractivity contribution in [3.63, 3.8) is 0 Å². The summed E-state index contributed by atoms with van der Waals surface area (Å²) in [4.78, 5) is 0. The van der Waals surface area contributed by atoms with Crippen molar-refractivity contribution in [2.24, 2.45) is 0 Å². The van der Waals surface area contributed by atoms with Crippen LogP contribution in [0, 0.1) is 6.92 Å². The highest BCUT2D eigenvalue weighted by Gasteiger charge is 2.04. The number of hydrogen-bond donors (Lipinski definition) is 0. The van der Waals surface area contributed by atoms with E-state index in [1.807, 2.05) is 0 Å². The van der Waals surface area contributed by atoms with Crippen LogP contribution in [0.3, 0.4) is 0 Å². The quantitative estimate of drug-likeness (QED) is 0.507. The molecule has 0 saturated heterocycles. The summed E-state index contributed by atoms with van der Waals surface area (Å²) in [6.07, 6.45) is 9.12. The first-order chi connectivity index (χ1) is 5.85. The predicted molar refractivity (Wildman–Crippen MR) is 54.1 cm³/mol. The lowest BCUT2D eigenvalue weighted by Crippen LogP contribution is -2.09. The molecule has 0 saturated carbocycles. The largest absolute Gasteiger partial charge is 0.381 e. The molecule has 0 fully saturated rings. The smallest absolute Gasteiger partial charge is 0.0571 e. The average Bonchev–Trinajstić information content (AvgIpc) is 2.10. The van der Waals surface area contributed by atoms with Crippen molar-refractivity contribution in [1.82, 2.24) is 0 Å². The van der Waals surface area contributed by atoms with Crippen LogP contribution >= 0.6 is 0 Å². The monoisotopic (exact) mass is 171 g/mol. The van der Waals surface area contributed by atoms with Crippen LogP contribution in [0.5, 0.6) is 0 Å². The Morgan fingerprint density at radius 3 is 2.42 bits per heavy atom. The summed E-state index contributed by atoms with van der Waals surface area (Å²) in [7, 11) is 1.81. The molecule has 1 radical (unpaired) electrons. The molecule has 73 valence electrons. The fourth-order valence-electron chi connectivity index (χ4n) is 1.41. The maximum Gasteiger partial charge on any atom is 0.0571 e. The molecular weight excluding hydrogens is 148 g/mol. The van der Waals surface area contributed by atoms with Crippen molar-refractivity contribution in [2.75, 3.05) is 7.11 Å². The zero-order valence-corrected chi connectivity index (χ0v) is 8.64. The van der Waals surface area contributed by atoms with Gasteiger partial charge in [-0.3, -0.25) is 0 Å². The molecule has 0 amide bonds. The van der Waals surface area contributed by atoms with Crippen LogP contribution in [0.15, 0.2) is 0 Å². The Labute approximate surface area is 77.5 Å². The fraction of sp³-hybridized carbons (Fsp3) is 0.909. The summed E-state index contributed by atoms with van der Waals surface area (Å²) in [6, 6.07) is 0. The molecule has 0 aromatic carbocycles. The second-order valence-electron chi connectivity index (χ2n) is 3.35. The van der Waals surface area contributed by atoms with Crippen molar-refractivity contribution >= 4 is 0 Å². The second-order valence-corrected chi connectivity index (χ2v) is 3.35. The van der Waals surface area contributed by atoms with Crippen molar-refractivity contribution < 1.29 is 4.74 Å². The molecule has 1 atom stereocenters. The lowest BCUT2D eigenvalue weighted by molar-refractivity contribution is 0.0863. The molecule has 0 rings (SSSR count). The maximum absolute atomic E-state index is 5.33. The van der Waals surface area contributed by atoms with E-state index in [4.69, 9.17) is 4.74 Å². The van der Waals surface area contributed by atoms with Crippen LogP contribution in [0.25, 0.3) is 0 Å². The van der Waals surface area contributed by atoms with Gasteiger partial charge in [-0.2, -0.15) is 0 Å². The molecule has 0 aliphatic heterocycles. The Kier molecular flexibility index (Phi) is 9.02. The molecule has 12 heavy (non-hydrogen) atoms. The van der Waals surface area contributed by atoms with Gasteiger partial charge in [-0.15, -0.1) is 0 Å². The molecule has 1 unspecified atom stereocenters. The van der Waals surface area contributed by atoms with Gasteiger partial charge in [-0.1, -0.05) is 46.0 Å². The van der Waals surface area contributed by atoms with Crippen LogP contribution < -0.4 is 0 Å². The minimum atomic E-state index is 0.458. The Hall–Kier alpha value is -0.0400. The summed E-state index contributed by atoms with van der Waals surface area (Å²) in [5.41, 5.74) is 0. The fourth-order valence-corrected chi connectivity index (χ4v) is 1.41. The van der Waals surface area contributed by atoms with E-state index in [1.165, 1.54) is 32.1 Å². The van der Waals surface area contributed by atoms with Crippen LogP contribution in [0.4, 0.5) is 0 Å². The highest BCUT2D eigenvalue weighted by Crippen LogP contribution is 2.11. The van der Waals surface area contributed by atoms with Gasteiger partial charge < -0.3 is 4.74 Å². The summed E-state index contributed by atoms with van der Waals surface area (Å²) < 4.78 is 5.33. The lowest BCUT2D eigenvalue weighted by atomic mass is 10.1. The third kappa shape index (κ3) is 6.66. The third-order valence-electron chi connectivity index (χ3n) is 2.24. The van der Waals surface area contributed by atoms with E-state index in [0.717, 1.165) is 12.8 Å². The zero-order valence-electron chi connectivity index (χ0n) is 8.64. The highest BCUT2D eigenvalue weighted by atomic mass is 16.5. The van der Waals surface area contributed by atoms with Crippen molar-refractivity contribution in [3.05, 3.63) is 6.92 Å². The van der Waals surface area contributed by atoms with Crippen LogP contribution in [0.1, 0.15) is 51.9 Å². The van der Waals surface area contributed by atoms with Gasteiger partial charge in [0.2, 0.25) is 0 Å². The van der Waals surface area contributed by atoms with Crippen molar-refractivity contribution in [3.8, 4) is 0 Å². The van der Waals surface area contributed by atoms with Gasteiger partial charge in [0, 0.05) is 7.11 Å². The van der Waals surface area contributed by atoms with Crippen molar-refractivity contribution in [2.45, 2.75) is 58.0 Å². The standard InChI is InChI=1S/C11H23O/c1-4-6-7-8-10-11(12-3)9-5-2/h11H,2,4-10H2,1,3H3. The number of ether oxygens (including phenoxy) is 1. The van der Waals surface area contributed by atoms with E-state index in [-0.39, 0.29) is 0 Å². The van der Waals surface area contributed by atoms with E-state index in [0.29, 0.717) is 6.10 Å². The van der Waals surface area contributed by atoms with Gasteiger partial charge in [0.1, 0.15) is 0 Å². The van der Waals surface area contributed by atoms with Crippen LogP contribution in [-0.2, 0) is 4.74 Å². The Morgan fingerprint density at radius 1 is 1.17 bits per heavy atom. The summed E-state index contributed by atoms with van der Waals surface area (Å²) in [6.45, 7) is 6.08. The van der Waals surface area contributed by atoms with E-state index in [9.17, 15) is 0 Å². The first kappa shape index (κ1) is 12.0. The van der Waals surface area contributed by atoms with Crippen molar-refractivity contribution in [1.29, 1.82) is 0 Å². The predicted octanol–water partition coefficient (Wildman–Crippen LogP) is 3.59. The number of rotatable bonds is 8. The molecule has 0 aromatic rings. The average molecular weight is 171 g/mol. The number of hydrogen-bond acceptors (Lipinski definition) is 1. The minimum absolute atomic E-state index is 0.458. The van der Waals surface area contributed by atoms with E-state index < -0.39 is 0 Å². The Bertz CT molecular complexity index is 81.1. The molecule has 0 bridgehead atoms. The molecule has 1 nitrogen and oxygen atoms in total. The molecular formula is C11H23O. The van der Waals surface area contributed by atoms with Gasteiger partial charge in [0.05, 0.1) is 6.10 Å². The Balaban J connectivity index is 3.19. The lowest BCUT2D eigenvalue weighted by Gasteiger charge is -2.13. The molecule has 1 heteroatoms. The molecule has 0 aliphatic carbocycles. The van der Waals surface area contributed by atoms with Gasteiger partial charge in [0.15, 0.2) is 0 Å². The van der Waals surface area contributed by atoms with E-state index >= 15 is 0 Å². The first-order valence-corrected chi connectivity index (χ1v) is 5.17. The first-order valence-electron chi connectivity index (χ1n) is 5.17. The van der Waals surface area contributed by atoms with Crippen LogP contribution in [0.2, 0.25) is 0 Å². The molecule has 0 aliphatic rings. The number of methoxy groups -OCH3 is 1. The minimum Gasteiger partial charge on any atom is -0.381 e. The summed E-state index contributed by atoms with van der Waals surface area (Å²) in [5, 5.41) is 0. The van der Waals surface area contributed by atoms with Gasteiger partial charge in [0.25, 0.3) is 0 Å². The molecule has 0 spiro atoms. The van der Waals surface area contributed by atoms with Gasteiger partial charge >= 0.3 is 0 Å². The van der Waals surface area contributed by atoms with E-state index in [2.05, 4.69) is 13.8 Å². The molecule has 0 aromatic heterocycles. The maximum atomic E-state index is 5.33. The second kappa shape index (κ2) is 9.05. The SMILES string of the molecule is [CH2]CCC(CCCCCC)OC. The number of unbranched alkanes of at least 4 members (excludes halogenated alkanes) is 3. The van der Waals surface area contributed by atoms with Crippen LogP contribution in [-0.4, -0.2) is 13.2 Å². The summed E-state index contributed by atoms with van der Waals surface area (Å²) >= 11 is 0. The van der Waals surface area contributed by atoms with E-state index in [1.54, 1.807) is 7.11 Å². The highest BCUT2D eigenvalue weighted by molar-refractivity contribution is 4.58. The zero-order chi connectivity index (χ0) is 9.23. The topological polar surface area (TPSA) is 9.23 Å². The third-order valence-corrected chi connectivity index (χ3v) is 2.24. The molecule has 0 heterocycles. The van der Waals surface area contributed by atoms with Gasteiger partial charge in [-0.05, 0) is 12.8 Å².